The summed E-state index contributed by atoms with van der Waals surface area (Å²) >= 11 is 0. The summed E-state index contributed by atoms with van der Waals surface area (Å²) in [6, 6.07) is 5.06. The molecule has 0 bridgehead atoms. The van der Waals surface area contributed by atoms with Gasteiger partial charge in [0.2, 0.25) is 0 Å². The molecule has 0 spiro atoms. The van der Waals surface area contributed by atoms with Gasteiger partial charge in [-0.1, -0.05) is 19.3 Å². The van der Waals surface area contributed by atoms with Crippen molar-refractivity contribution >= 4 is 12.4 Å². The maximum atomic E-state index is 3.64. The fourth-order valence-electron chi connectivity index (χ4n) is 2.24. The van der Waals surface area contributed by atoms with E-state index in [0.29, 0.717) is 0 Å². The van der Waals surface area contributed by atoms with E-state index < -0.39 is 0 Å². The Balaban J connectivity index is 0.00000112. The first kappa shape index (κ1) is 12.6. The first-order chi connectivity index (χ1) is 6.86. The van der Waals surface area contributed by atoms with E-state index in [2.05, 4.69) is 35.3 Å². The van der Waals surface area contributed by atoms with Crippen LogP contribution in [0.4, 0.5) is 0 Å². The summed E-state index contributed by atoms with van der Waals surface area (Å²) in [5.74, 6) is 0. The Kier molecular flexibility index (Phi) is 5.20. The Morgan fingerprint density at radius 3 is 2.67 bits per heavy atom. The van der Waals surface area contributed by atoms with Crippen LogP contribution < -0.4 is 5.32 Å². The topological polar surface area (TPSA) is 17.0 Å². The van der Waals surface area contributed by atoms with E-state index in [1.165, 1.54) is 37.8 Å². The third kappa shape index (κ3) is 3.54. The summed E-state index contributed by atoms with van der Waals surface area (Å²) in [7, 11) is 2.11. The normalized spacial score (nSPS) is 17.4. The van der Waals surface area contributed by atoms with E-state index in [1.54, 1.807) is 0 Å². The Labute approximate surface area is 98.5 Å². The number of nitrogens with zero attached hydrogens (tertiary/aromatic N) is 1. The van der Waals surface area contributed by atoms with Crippen molar-refractivity contribution in [3.05, 3.63) is 24.0 Å². The number of aryl methyl sites for hydroxylation is 1. The zero-order chi connectivity index (χ0) is 9.80. The van der Waals surface area contributed by atoms with Crippen molar-refractivity contribution in [3.63, 3.8) is 0 Å². The Morgan fingerprint density at radius 2 is 2.07 bits per heavy atom. The number of rotatable bonds is 3. The van der Waals surface area contributed by atoms with Crippen LogP contribution in [0.2, 0.25) is 0 Å². The Hall–Kier alpha value is -0.470. The van der Waals surface area contributed by atoms with Crippen LogP contribution in [0, 0.1) is 0 Å². The zero-order valence-electron chi connectivity index (χ0n) is 9.41. The van der Waals surface area contributed by atoms with Crippen LogP contribution in [0.25, 0.3) is 0 Å². The van der Waals surface area contributed by atoms with Crippen molar-refractivity contribution < 1.29 is 0 Å². The van der Waals surface area contributed by atoms with Crippen molar-refractivity contribution in [3.8, 4) is 0 Å². The highest BCUT2D eigenvalue weighted by molar-refractivity contribution is 5.85. The molecule has 86 valence electrons. The van der Waals surface area contributed by atoms with E-state index >= 15 is 0 Å². The van der Waals surface area contributed by atoms with Gasteiger partial charge >= 0.3 is 0 Å². The largest absolute Gasteiger partial charge is 0.353 e. The smallest absolute Gasteiger partial charge is 0.0361 e. The maximum Gasteiger partial charge on any atom is 0.0361 e. The van der Waals surface area contributed by atoms with E-state index in [1.807, 2.05) is 0 Å². The molecular weight excluding hydrogens is 208 g/mol. The molecule has 0 aliphatic heterocycles. The fourth-order valence-corrected chi connectivity index (χ4v) is 2.24. The monoisotopic (exact) mass is 228 g/mol. The fraction of sp³-hybridized carbons (Fsp3) is 0.667. The van der Waals surface area contributed by atoms with Gasteiger partial charge in [-0.25, -0.2) is 0 Å². The average Bonchev–Trinajstić information content (AvgIpc) is 2.63. The van der Waals surface area contributed by atoms with Gasteiger partial charge in [0.1, 0.15) is 0 Å². The molecule has 1 aliphatic rings. The van der Waals surface area contributed by atoms with E-state index in [-0.39, 0.29) is 12.4 Å². The average molecular weight is 229 g/mol. The van der Waals surface area contributed by atoms with Gasteiger partial charge in [-0.3, -0.25) is 0 Å². The summed E-state index contributed by atoms with van der Waals surface area (Å²) in [4.78, 5) is 0. The van der Waals surface area contributed by atoms with Crippen molar-refractivity contribution in [2.75, 3.05) is 0 Å². The first-order valence-corrected chi connectivity index (χ1v) is 5.70. The molecule has 0 saturated heterocycles. The van der Waals surface area contributed by atoms with Crippen molar-refractivity contribution in [1.82, 2.24) is 9.88 Å². The molecule has 0 unspecified atom stereocenters. The molecule has 0 aromatic carbocycles. The summed E-state index contributed by atoms with van der Waals surface area (Å²) < 4.78 is 2.19. The molecule has 1 N–H and O–H groups in total. The van der Waals surface area contributed by atoms with Crippen LogP contribution >= 0.6 is 12.4 Å². The van der Waals surface area contributed by atoms with Crippen LogP contribution in [-0.2, 0) is 13.6 Å². The molecule has 1 aromatic rings. The quantitative estimate of drug-likeness (QED) is 0.842. The van der Waals surface area contributed by atoms with Gasteiger partial charge in [-0.15, -0.1) is 12.4 Å². The Bertz CT molecular complexity index is 277. The highest BCUT2D eigenvalue weighted by Crippen LogP contribution is 2.17. The molecule has 1 aliphatic carbocycles. The molecule has 0 atom stereocenters. The number of nitrogens with one attached hydrogen (secondary N) is 1. The molecule has 0 amide bonds. The molecular formula is C12H21ClN2. The van der Waals surface area contributed by atoms with Crippen molar-refractivity contribution in [1.29, 1.82) is 0 Å². The zero-order valence-corrected chi connectivity index (χ0v) is 10.2. The lowest BCUT2D eigenvalue weighted by Gasteiger charge is -2.22. The first-order valence-electron chi connectivity index (χ1n) is 5.70. The number of halogens is 1. The predicted molar refractivity (Wildman–Crippen MR) is 66.4 cm³/mol. The number of aromatic nitrogens is 1. The minimum absolute atomic E-state index is 0. The highest BCUT2D eigenvalue weighted by atomic mass is 35.5. The summed E-state index contributed by atoms with van der Waals surface area (Å²) in [6.45, 7) is 1.02. The highest BCUT2D eigenvalue weighted by Gasteiger charge is 2.12. The van der Waals surface area contributed by atoms with E-state index in [0.717, 1.165) is 12.6 Å². The van der Waals surface area contributed by atoms with Crippen LogP contribution in [0.15, 0.2) is 18.3 Å². The van der Waals surface area contributed by atoms with E-state index in [9.17, 15) is 0 Å². The summed E-state index contributed by atoms with van der Waals surface area (Å²) in [5, 5.41) is 3.64. The second-order valence-electron chi connectivity index (χ2n) is 4.33. The predicted octanol–water partition coefficient (Wildman–Crippen LogP) is 2.87. The molecule has 1 fully saturated rings. The van der Waals surface area contributed by atoms with Gasteiger partial charge in [-0.2, -0.15) is 0 Å². The van der Waals surface area contributed by atoms with Gasteiger partial charge in [0, 0.05) is 31.5 Å². The molecule has 3 heteroatoms. The van der Waals surface area contributed by atoms with Gasteiger partial charge in [0.15, 0.2) is 0 Å². The summed E-state index contributed by atoms with van der Waals surface area (Å²) in [6.07, 6.45) is 9.09. The van der Waals surface area contributed by atoms with Crippen LogP contribution in [-0.4, -0.2) is 10.6 Å². The molecule has 2 rings (SSSR count). The van der Waals surface area contributed by atoms with Gasteiger partial charge in [-0.05, 0) is 25.0 Å². The van der Waals surface area contributed by atoms with Crippen molar-refractivity contribution in [2.24, 2.45) is 7.05 Å². The molecule has 1 aromatic heterocycles. The van der Waals surface area contributed by atoms with E-state index in [4.69, 9.17) is 0 Å². The second kappa shape index (κ2) is 6.19. The van der Waals surface area contributed by atoms with Crippen LogP contribution in [0.1, 0.15) is 37.8 Å². The molecule has 1 saturated carbocycles. The third-order valence-corrected chi connectivity index (χ3v) is 3.23. The van der Waals surface area contributed by atoms with Crippen molar-refractivity contribution in [2.45, 2.75) is 44.7 Å². The Morgan fingerprint density at radius 1 is 1.33 bits per heavy atom. The van der Waals surface area contributed by atoms with Crippen LogP contribution in [0.5, 0.6) is 0 Å². The van der Waals surface area contributed by atoms with Gasteiger partial charge in [0.05, 0.1) is 0 Å². The molecule has 15 heavy (non-hydrogen) atoms. The minimum atomic E-state index is 0. The molecule has 0 radical (unpaired) electrons. The van der Waals surface area contributed by atoms with Crippen LogP contribution in [0.3, 0.4) is 0 Å². The number of hydrogen-bond acceptors (Lipinski definition) is 1. The SMILES string of the molecule is Cl.Cn1cccc1CNC1CCCCC1. The standard InChI is InChI=1S/C12H20N2.ClH/c1-14-9-5-8-12(14)10-13-11-6-3-2-4-7-11;/h5,8-9,11,13H,2-4,6-7,10H2,1H3;1H. The van der Waals surface area contributed by atoms with Gasteiger partial charge in [0.25, 0.3) is 0 Å². The third-order valence-electron chi connectivity index (χ3n) is 3.23. The maximum absolute atomic E-state index is 3.64. The second-order valence-corrected chi connectivity index (χ2v) is 4.33. The van der Waals surface area contributed by atoms with Gasteiger partial charge < -0.3 is 9.88 Å². The number of hydrogen-bond donors (Lipinski definition) is 1. The lowest BCUT2D eigenvalue weighted by Crippen LogP contribution is -2.30. The molecule has 2 nitrogen and oxygen atoms in total. The molecule has 1 heterocycles. The lowest BCUT2D eigenvalue weighted by atomic mass is 9.95. The lowest BCUT2D eigenvalue weighted by molar-refractivity contribution is 0.369. The summed E-state index contributed by atoms with van der Waals surface area (Å²) in [5.41, 5.74) is 1.38. The minimum Gasteiger partial charge on any atom is -0.353 e.